The van der Waals surface area contributed by atoms with Gasteiger partial charge < -0.3 is 15.0 Å². The molecule has 0 spiro atoms. The van der Waals surface area contributed by atoms with Gasteiger partial charge in [0.1, 0.15) is 5.75 Å². The number of anilines is 1. The van der Waals surface area contributed by atoms with Crippen molar-refractivity contribution < 1.29 is 23.1 Å². The standard InChI is InChI=1S/C16H18F2N2O3/c1-2-14(21)20-9-7-11(8-10-20)15(22)19-12-5-3-4-6-13(12)23-16(17)18/h2-6,11,16H,1,7-10H2,(H,19,22). The predicted molar refractivity (Wildman–Crippen MR) is 81.2 cm³/mol. The van der Waals surface area contributed by atoms with Crippen LogP contribution in [0.4, 0.5) is 14.5 Å². The zero-order valence-electron chi connectivity index (χ0n) is 12.5. The molecular formula is C16H18F2N2O3. The van der Waals surface area contributed by atoms with Gasteiger partial charge in [0.25, 0.3) is 0 Å². The van der Waals surface area contributed by atoms with Crippen molar-refractivity contribution in [2.45, 2.75) is 19.5 Å². The minimum Gasteiger partial charge on any atom is -0.433 e. The molecule has 7 heteroatoms. The second-order valence-electron chi connectivity index (χ2n) is 5.17. The third-order valence-electron chi connectivity index (χ3n) is 3.71. The van der Waals surface area contributed by atoms with E-state index >= 15 is 0 Å². The summed E-state index contributed by atoms with van der Waals surface area (Å²) in [5, 5.41) is 2.62. The molecule has 1 aliphatic rings. The van der Waals surface area contributed by atoms with Crippen LogP contribution < -0.4 is 10.1 Å². The Labute approximate surface area is 132 Å². The van der Waals surface area contributed by atoms with E-state index in [0.717, 1.165) is 0 Å². The number of likely N-dealkylation sites (tertiary alicyclic amines) is 1. The molecule has 2 rings (SSSR count). The van der Waals surface area contributed by atoms with E-state index in [9.17, 15) is 18.4 Å². The first-order valence-electron chi connectivity index (χ1n) is 7.27. The van der Waals surface area contributed by atoms with Crippen molar-refractivity contribution >= 4 is 17.5 Å². The molecular weight excluding hydrogens is 306 g/mol. The summed E-state index contributed by atoms with van der Waals surface area (Å²) in [6.07, 6.45) is 2.28. The highest BCUT2D eigenvalue weighted by atomic mass is 19.3. The Morgan fingerprint density at radius 1 is 1.30 bits per heavy atom. The monoisotopic (exact) mass is 324 g/mol. The quantitative estimate of drug-likeness (QED) is 0.847. The van der Waals surface area contributed by atoms with Crippen LogP contribution in [0.15, 0.2) is 36.9 Å². The number of para-hydroxylation sites is 2. The maximum atomic E-state index is 12.4. The van der Waals surface area contributed by atoms with E-state index in [-0.39, 0.29) is 29.2 Å². The summed E-state index contributed by atoms with van der Waals surface area (Å²) in [4.78, 5) is 25.4. The predicted octanol–water partition coefficient (Wildman–Crippen LogP) is 2.65. The number of piperidine rings is 1. The minimum atomic E-state index is -2.96. The Morgan fingerprint density at radius 2 is 1.96 bits per heavy atom. The number of ether oxygens (including phenoxy) is 1. The van der Waals surface area contributed by atoms with Gasteiger partial charge in [-0.3, -0.25) is 9.59 Å². The van der Waals surface area contributed by atoms with Crippen LogP contribution >= 0.6 is 0 Å². The van der Waals surface area contributed by atoms with Gasteiger partial charge in [-0.2, -0.15) is 8.78 Å². The average Bonchev–Trinajstić information content (AvgIpc) is 2.55. The van der Waals surface area contributed by atoms with Gasteiger partial charge in [-0.1, -0.05) is 18.7 Å². The average molecular weight is 324 g/mol. The molecule has 1 aromatic rings. The number of alkyl halides is 2. The van der Waals surface area contributed by atoms with Gasteiger partial charge in [0, 0.05) is 19.0 Å². The van der Waals surface area contributed by atoms with Gasteiger partial charge >= 0.3 is 6.61 Å². The molecule has 2 amide bonds. The summed E-state index contributed by atoms with van der Waals surface area (Å²) in [5.74, 6) is -0.765. The molecule has 1 aromatic carbocycles. The van der Waals surface area contributed by atoms with Crippen LogP contribution in [0.25, 0.3) is 0 Å². The van der Waals surface area contributed by atoms with Gasteiger partial charge in [-0.25, -0.2) is 0 Å². The topological polar surface area (TPSA) is 58.6 Å². The molecule has 0 bridgehead atoms. The van der Waals surface area contributed by atoms with Crippen LogP contribution in [0.5, 0.6) is 5.75 Å². The molecule has 1 saturated heterocycles. The Morgan fingerprint density at radius 3 is 2.57 bits per heavy atom. The highest BCUT2D eigenvalue weighted by Gasteiger charge is 2.27. The fraction of sp³-hybridized carbons (Fsp3) is 0.375. The van der Waals surface area contributed by atoms with Crippen LogP contribution in [0.1, 0.15) is 12.8 Å². The molecule has 124 valence electrons. The first-order chi connectivity index (χ1) is 11.0. The molecule has 0 atom stereocenters. The van der Waals surface area contributed by atoms with E-state index in [0.29, 0.717) is 25.9 Å². The number of rotatable bonds is 5. The lowest BCUT2D eigenvalue weighted by atomic mass is 9.95. The van der Waals surface area contributed by atoms with Crippen LogP contribution in [0.3, 0.4) is 0 Å². The Bertz CT molecular complexity index is 584. The molecule has 1 heterocycles. The number of carbonyl (C=O) groups excluding carboxylic acids is 2. The van der Waals surface area contributed by atoms with Gasteiger partial charge in [-0.05, 0) is 31.1 Å². The van der Waals surface area contributed by atoms with Crippen molar-refractivity contribution in [1.29, 1.82) is 0 Å². The second-order valence-corrected chi connectivity index (χ2v) is 5.17. The third-order valence-corrected chi connectivity index (χ3v) is 3.71. The molecule has 1 aliphatic heterocycles. The molecule has 0 aromatic heterocycles. The molecule has 5 nitrogen and oxygen atoms in total. The largest absolute Gasteiger partial charge is 0.433 e. The van der Waals surface area contributed by atoms with Gasteiger partial charge in [0.15, 0.2) is 0 Å². The number of nitrogens with zero attached hydrogens (tertiary/aromatic N) is 1. The van der Waals surface area contributed by atoms with E-state index in [1.54, 1.807) is 17.0 Å². The number of hydrogen-bond donors (Lipinski definition) is 1. The normalized spacial score (nSPS) is 15.3. The van der Waals surface area contributed by atoms with Crippen LogP contribution in [-0.4, -0.2) is 36.4 Å². The van der Waals surface area contributed by atoms with Crippen molar-refractivity contribution in [2.75, 3.05) is 18.4 Å². The summed E-state index contributed by atoms with van der Waals surface area (Å²) in [6.45, 7) is 1.42. The minimum absolute atomic E-state index is 0.0740. The van der Waals surface area contributed by atoms with Crippen molar-refractivity contribution in [3.63, 3.8) is 0 Å². The summed E-state index contributed by atoms with van der Waals surface area (Å²) < 4.78 is 29.1. The number of halogens is 2. The van der Waals surface area contributed by atoms with E-state index in [1.165, 1.54) is 18.2 Å². The smallest absolute Gasteiger partial charge is 0.387 e. The fourth-order valence-electron chi connectivity index (χ4n) is 2.49. The lowest BCUT2D eigenvalue weighted by Gasteiger charge is -2.30. The zero-order chi connectivity index (χ0) is 16.8. The lowest BCUT2D eigenvalue weighted by Crippen LogP contribution is -2.40. The lowest BCUT2D eigenvalue weighted by molar-refractivity contribution is -0.130. The molecule has 0 saturated carbocycles. The zero-order valence-corrected chi connectivity index (χ0v) is 12.5. The SMILES string of the molecule is C=CC(=O)N1CCC(C(=O)Nc2ccccc2OC(F)F)CC1. The Balaban J connectivity index is 1.96. The van der Waals surface area contributed by atoms with Crippen LogP contribution in [0, 0.1) is 5.92 Å². The number of nitrogens with one attached hydrogen (secondary N) is 1. The molecule has 0 unspecified atom stereocenters. The summed E-state index contributed by atoms with van der Waals surface area (Å²) in [7, 11) is 0. The number of amides is 2. The van der Waals surface area contributed by atoms with E-state index < -0.39 is 6.61 Å². The van der Waals surface area contributed by atoms with Gasteiger partial charge in [0.05, 0.1) is 5.69 Å². The number of carbonyl (C=O) groups is 2. The van der Waals surface area contributed by atoms with Gasteiger partial charge in [-0.15, -0.1) is 0 Å². The van der Waals surface area contributed by atoms with Crippen LogP contribution in [-0.2, 0) is 9.59 Å². The summed E-state index contributed by atoms with van der Waals surface area (Å²) >= 11 is 0. The Kier molecular flexibility index (Phi) is 5.67. The summed E-state index contributed by atoms with van der Waals surface area (Å²) in [6, 6.07) is 6.05. The Hall–Kier alpha value is -2.44. The third kappa shape index (κ3) is 4.51. The first-order valence-corrected chi connectivity index (χ1v) is 7.27. The van der Waals surface area contributed by atoms with E-state index in [1.807, 2.05) is 0 Å². The molecule has 23 heavy (non-hydrogen) atoms. The summed E-state index contributed by atoms with van der Waals surface area (Å²) in [5.41, 5.74) is 0.211. The number of benzene rings is 1. The van der Waals surface area contributed by atoms with Gasteiger partial charge in [0.2, 0.25) is 11.8 Å². The van der Waals surface area contributed by atoms with Crippen molar-refractivity contribution in [1.82, 2.24) is 4.90 Å². The van der Waals surface area contributed by atoms with Crippen molar-refractivity contribution in [2.24, 2.45) is 5.92 Å². The molecule has 1 fully saturated rings. The fourth-order valence-corrected chi connectivity index (χ4v) is 2.49. The van der Waals surface area contributed by atoms with E-state index in [4.69, 9.17) is 0 Å². The van der Waals surface area contributed by atoms with Crippen molar-refractivity contribution in [3.8, 4) is 5.75 Å². The molecule has 1 N–H and O–H groups in total. The maximum Gasteiger partial charge on any atom is 0.387 e. The molecule has 0 radical (unpaired) electrons. The van der Waals surface area contributed by atoms with Crippen LogP contribution in [0.2, 0.25) is 0 Å². The van der Waals surface area contributed by atoms with E-state index in [2.05, 4.69) is 16.6 Å². The maximum absolute atomic E-state index is 12.4. The van der Waals surface area contributed by atoms with Crippen molar-refractivity contribution in [3.05, 3.63) is 36.9 Å². The molecule has 0 aliphatic carbocycles. The second kappa shape index (κ2) is 7.71. The highest BCUT2D eigenvalue weighted by Crippen LogP contribution is 2.27. The highest BCUT2D eigenvalue weighted by molar-refractivity contribution is 5.94. The first kappa shape index (κ1) is 16.9. The number of hydrogen-bond acceptors (Lipinski definition) is 3.